The number of rotatable bonds is 4. The van der Waals surface area contributed by atoms with E-state index in [1.807, 2.05) is 54.8 Å². The number of fused-ring (bicyclic) bond motifs is 1. The van der Waals surface area contributed by atoms with Crippen LogP contribution in [0.2, 0.25) is 0 Å². The summed E-state index contributed by atoms with van der Waals surface area (Å²) in [6.07, 6.45) is 8.04. The molecule has 2 heteroatoms. The highest BCUT2D eigenvalue weighted by Crippen LogP contribution is 2.39. The first-order valence-electron chi connectivity index (χ1n) is 7.51. The van der Waals surface area contributed by atoms with Crippen LogP contribution in [0.15, 0.2) is 84.0 Å². The Morgan fingerprint density at radius 1 is 0.909 bits per heavy atom. The van der Waals surface area contributed by atoms with E-state index in [4.69, 9.17) is 4.99 Å². The summed E-state index contributed by atoms with van der Waals surface area (Å²) in [6, 6.07) is 18.5. The first kappa shape index (κ1) is 14.3. The lowest BCUT2D eigenvalue weighted by Gasteiger charge is -2.19. The lowest BCUT2D eigenvalue weighted by molar-refractivity contribution is 0.740. The first-order valence-corrected chi connectivity index (χ1v) is 7.51. The third kappa shape index (κ3) is 2.86. The maximum absolute atomic E-state index is 4.74. The van der Waals surface area contributed by atoms with Crippen molar-refractivity contribution in [1.82, 2.24) is 0 Å². The molecule has 0 aromatic heterocycles. The average molecular weight is 288 g/mol. The van der Waals surface area contributed by atoms with E-state index in [0.29, 0.717) is 0 Å². The van der Waals surface area contributed by atoms with Gasteiger partial charge in [-0.1, -0.05) is 56.3 Å². The van der Waals surface area contributed by atoms with Gasteiger partial charge >= 0.3 is 0 Å². The molecule has 0 amide bonds. The van der Waals surface area contributed by atoms with Gasteiger partial charge in [-0.15, -0.1) is 0 Å². The second-order valence-corrected chi connectivity index (χ2v) is 5.87. The van der Waals surface area contributed by atoms with E-state index in [-0.39, 0.29) is 5.41 Å². The fourth-order valence-corrected chi connectivity index (χ4v) is 2.63. The molecule has 0 saturated heterocycles. The second kappa shape index (κ2) is 6.02. The molecule has 1 heterocycles. The van der Waals surface area contributed by atoms with Crippen molar-refractivity contribution in [3.05, 3.63) is 84.6 Å². The van der Waals surface area contributed by atoms with Crippen LogP contribution in [0.25, 0.3) is 0 Å². The summed E-state index contributed by atoms with van der Waals surface area (Å²) >= 11 is 0. The van der Waals surface area contributed by atoms with Gasteiger partial charge in [0.2, 0.25) is 0 Å². The second-order valence-electron chi connectivity index (χ2n) is 5.87. The molecular weight excluding hydrogens is 268 g/mol. The average Bonchev–Trinajstić information content (AvgIpc) is 2.79. The van der Waals surface area contributed by atoms with E-state index in [1.165, 1.54) is 5.56 Å². The van der Waals surface area contributed by atoms with Crippen LogP contribution in [0.4, 0.5) is 11.4 Å². The van der Waals surface area contributed by atoms with Crippen LogP contribution in [0, 0.1) is 0 Å². The highest BCUT2D eigenvalue weighted by atomic mass is 14.8. The SMILES string of the molecule is CC1(C)C(C=CC=CNc2ccccc2)=Nc2ccccc21. The molecule has 1 aliphatic rings. The zero-order valence-corrected chi connectivity index (χ0v) is 13.0. The fraction of sp³-hybridized carbons (Fsp3) is 0.150. The number of nitrogens with one attached hydrogen (secondary N) is 1. The Balaban J connectivity index is 1.67. The smallest absolute Gasteiger partial charge is 0.0674 e. The molecule has 3 rings (SSSR count). The Labute approximate surface area is 131 Å². The maximum atomic E-state index is 4.74. The van der Waals surface area contributed by atoms with Crippen molar-refractivity contribution in [3.63, 3.8) is 0 Å². The minimum absolute atomic E-state index is 0.0339. The Morgan fingerprint density at radius 2 is 1.64 bits per heavy atom. The van der Waals surface area contributed by atoms with Gasteiger partial charge in [-0.05, 0) is 35.9 Å². The molecule has 0 aliphatic carbocycles. The molecule has 1 N–H and O–H groups in total. The third-order valence-electron chi connectivity index (χ3n) is 3.94. The van der Waals surface area contributed by atoms with Gasteiger partial charge in [-0.2, -0.15) is 0 Å². The van der Waals surface area contributed by atoms with Crippen LogP contribution in [-0.2, 0) is 5.41 Å². The predicted octanol–water partition coefficient (Wildman–Crippen LogP) is 5.23. The van der Waals surface area contributed by atoms with E-state index >= 15 is 0 Å². The van der Waals surface area contributed by atoms with Gasteiger partial charge < -0.3 is 5.32 Å². The first-order chi connectivity index (χ1) is 10.7. The predicted molar refractivity (Wildman–Crippen MR) is 94.9 cm³/mol. The van der Waals surface area contributed by atoms with E-state index in [0.717, 1.165) is 17.1 Å². The summed E-state index contributed by atoms with van der Waals surface area (Å²) in [5.74, 6) is 0. The van der Waals surface area contributed by atoms with Crippen molar-refractivity contribution >= 4 is 17.1 Å². The molecule has 2 nitrogen and oxygen atoms in total. The van der Waals surface area contributed by atoms with Gasteiger partial charge in [0.1, 0.15) is 0 Å². The Kier molecular flexibility index (Phi) is 3.92. The molecule has 0 unspecified atom stereocenters. The lowest BCUT2D eigenvalue weighted by atomic mass is 9.81. The number of nitrogens with zero attached hydrogens (tertiary/aromatic N) is 1. The highest BCUT2D eigenvalue weighted by Gasteiger charge is 2.32. The van der Waals surface area contributed by atoms with Crippen LogP contribution >= 0.6 is 0 Å². The Morgan fingerprint density at radius 3 is 2.41 bits per heavy atom. The van der Waals surface area contributed by atoms with E-state index in [1.54, 1.807) is 0 Å². The lowest BCUT2D eigenvalue weighted by Crippen LogP contribution is -2.23. The molecular formula is C20H20N2. The van der Waals surface area contributed by atoms with Gasteiger partial charge in [0.25, 0.3) is 0 Å². The van der Waals surface area contributed by atoms with Crippen molar-refractivity contribution in [3.8, 4) is 0 Å². The summed E-state index contributed by atoms with van der Waals surface area (Å²) in [4.78, 5) is 4.74. The molecule has 2 aromatic carbocycles. The molecule has 22 heavy (non-hydrogen) atoms. The van der Waals surface area contributed by atoms with Gasteiger partial charge in [-0.25, -0.2) is 0 Å². The molecule has 0 fully saturated rings. The largest absolute Gasteiger partial charge is 0.362 e. The molecule has 2 aromatic rings. The Bertz CT molecular complexity index is 737. The minimum Gasteiger partial charge on any atom is -0.362 e. The van der Waals surface area contributed by atoms with Crippen LogP contribution in [-0.4, -0.2) is 5.71 Å². The van der Waals surface area contributed by atoms with Crippen LogP contribution in [0.3, 0.4) is 0 Å². The van der Waals surface area contributed by atoms with Crippen molar-refractivity contribution in [2.75, 3.05) is 5.32 Å². The van der Waals surface area contributed by atoms with Gasteiger partial charge in [0.05, 0.1) is 11.4 Å². The number of aliphatic imine (C=N–C) groups is 1. The zero-order chi connectivity index (χ0) is 15.4. The summed E-state index contributed by atoms with van der Waals surface area (Å²) in [7, 11) is 0. The summed E-state index contributed by atoms with van der Waals surface area (Å²) < 4.78 is 0. The quantitative estimate of drug-likeness (QED) is 0.765. The Hall–Kier alpha value is -2.61. The van der Waals surface area contributed by atoms with E-state index in [9.17, 15) is 0 Å². The molecule has 0 bridgehead atoms. The normalized spacial score (nSPS) is 16.0. The number of benzene rings is 2. The number of hydrogen-bond donors (Lipinski definition) is 1. The van der Waals surface area contributed by atoms with Crippen molar-refractivity contribution < 1.29 is 0 Å². The van der Waals surface area contributed by atoms with Gasteiger partial charge in [0, 0.05) is 17.3 Å². The molecule has 0 radical (unpaired) electrons. The number of hydrogen-bond acceptors (Lipinski definition) is 2. The summed E-state index contributed by atoms with van der Waals surface area (Å²) in [6.45, 7) is 4.43. The van der Waals surface area contributed by atoms with Crippen molar-refractivity contribution in [2.24, 2.45) is 4.99 Å². The molecule has 0 atom stereocenters. The number of para-hydroxylation sites is 2. The fourth-order valence-electron chi connectivity index (χ4n) is 2.63. The van der Waals surface area contributed by atoms with Crippen LogP contribution in [0.1, 0.15) is 19.4 Å². The zero-order valence-electron chi connectivity index (χ0n) is 13.0. The van der Waals surface area contributed by atoms with Crippen molar-refractivity contribution in [1.29, 1.82) is 0 Å². The monoisotopic (exact) mass is 288 g/mol. The molecule has 110 valence electrons. The third-order valence-corrected chi connectivity index (χ3v) is 3.94. The van der Waals surface area contributed by atoms with Gasteiger partial charge in [-0.3, -0.25) is 4.99 Å². The molecule has 0 spiro atoms. The summed E-state index contributed by atoms with van der Waals surface area (Å²) in [5, 5.41) is 3.24. The van der Waals surface area contributed by atoms with Crippen molar-refractivity contribution in [2.45, 2.75) is 19.3 Å². The topological polar surface area (TPSA) is 24.4 Å². The maximum Gasteiger partial charge on any atom is 0.0674 e. The highest BCUT2D eigenvalue weighted by molar-refractivity contribution is 6.08. The standard InChI is InChI=1S/C20H20N2/c1-20(2)17-12-6-7-13-18(17)22-19(20)14-8-9-15-21-16-10-4-3-5-11-16/h3-15,21H,1-2H3. The van der Waals surface area contributed by atoms with Crippen LogP contribution < -0.4 is 5.32 Å². The van der Waals surface area contributed by atoms with Gasteiger partial charge in [0.15, 0.2) is 0 Å². The summed E-state index contributed by atoms with van der Waals surface area (Å²) in [5.41, 5.74) is 4.52. The van der Waals surface area contributed by atoms with Crippen LogP contribution in [0.5, 0.6) is 0 Å². The van der Waals surface area contributed by atoms with E-state index in [2.05, 4.69) is 43.4 Å². The number of allylic oxidation sites excluding steroid dienone is 3. The molecule has 0 saturated carbocycles. The minimum atomic E-state index is -0.0339. The van der Waals surface area contributed by atoms with E-state index < -0.39 is 0 Å². The molecule has 1 aliphatic heterocycles. The number of anilines is 1.